The third-order valence-electron chi connectivity index (χ3n) is 2.80. The maximum absolute atomic E-state index is 11.6. The monoisotopic (exact) mass is 314 g/mol. The van der Waals surface area contributed by atoms with Gasteiger partial charge in [0.2, 0.25) is 0 Å². The van der Waals surface area contributed by atoms with Crippen molar-refractivity contribution in [2.75, 3.05) is 0 Å². The molecule has 0 saturated carbocycles. The molecule has 0 spiro atoms. The molecule has 2 aromatic carbocycles. The first-order chi connectivity index (χ1) is 10.9. The molecular weight excluding hydrogens is 300 g/mol. The number of ether oxygens (including phenoxy) is 3. The van der Waals surface area contributed by atoms with Gasteiger partial charge in [-0.1, -0.05) is 30.8 Å². The molecule has 0 N–H and O–H groups in total. The molecule has 0 amide bonds. The number of carbonyl (C=O) groups excluding carboxylic acids is 3. The minimum absolute atomic E-state index is 0.0253. The highest BCUT2D eigenvalue weighted by Gasteiger charge is 2.19. The zero-order chi connectivity index (χ0) is 17.0. The Balaban J connectivity index is 2.73. The fourth-order valence-electron chi connectivity index (χ4n) is 2.01. The number of esters is 3. The van der Waals surface area contributed by atoms with Crippen LogP contribution in [0.3, 0.4) is 0 Å². The molecule has 6 heteroatoms. The quantitative estimate of drug-likeness (QED) is 0.490. The van der Waals surface area contributed by atoms with Gasteiger partial charge in [-0.15, -0.1) is 0 Å². The number of hydrogen-bond donors (Lipinski definition) is 0. The Labute approximate surface area is 132 Å². The van der Waals surface area contributed by atoms with Crippen molar-refractivity contribution in [3.05, 3.63) is 43.0 Å². The van der Waals surface area contributed by atoms with Crippen LogP contribution in [0, 0.1) is 0 Å². The van der Waals surface area contributed by atoms with Crippen LogP contribution in [0.15, 0.2) is 43.0 Å². The summed E-state index contributed by atoms with van der Waals surface area (Å²) in [5, 5.41) is 0.989. The van der Waals surface area contributed by atoms with E-state index in [1.54, 1.807) is 24.3 Å². The van der Waals surface area contributed by atoms with Crippen molar-refractivity contribution in [3.63, 3.8) is 0 Å². The van der Waals surface area contributed by atoms with Gasteiger partial charge in [-0.05, 0) is 0 Å². The van der Waals surface area contributed by atoms with Gasteiger partial charge in [0.25, 0.3) is 0 Å². The predicted octanol–water partition coefficient (Wildman–Crippen LogP) is 2.78. The fourth-order valence-corrected chi connectivity index (χ4v) is 2.01. The summed E-state index contributed by atoms with van der Waals surface area (Å²) in [6.45, 7) is 5.80. The summed E-state index contributed by atoms with van der Waals surface area (Å²) in [7, 11) is 0. The Morgan fingerprint density at radius 2 is 1.48 bits per heavy atom. The van der Waals surface area contributed by atoms with Crippen molar-refractivity contribution < 1.29 is 28.6 Å². The van der Waals surface area contributed by atoms with Crippen molar-refractivity contribution in [2.24, 2.45) is 0 Å². The van der Waals surface area contributed by atoms with E-state index in [2.05, 4.69) is 6.58 Å². The number of rotatable bonds is 4. The van der Waals surface area contributed by atoms with Crippen molar-refractivity contribution in [1.29, 1.82) is 0 Å². The van der Waals surface area contributed by atoms with Gasteiger partial charge < -0.3 is 14.2 Å². The molecule has 0 aliphatic rings. The third kappa shape index (κ3) is 3.74. The molecule has 0 heterocycles. The lowest BCUT2D eigenvalue weighted by Crippen LogP contribution is -2.09. The Morgan fingerprint density at radius 1 is 0.913 bits per heavy atom. The maximum Gasteiger partial charge on any atom is 0.335 e. The van der Waals surface area contributed by atoms with E-state index in [1.807, 2.05) is 0 Å². The molecule has 0 atom stereocenters. The van der Waals surface area contributed by atoms with E-state index in [-0.39, 0.29) is 17.2 Å². The first kappa shape index (κ1) is 16.2. The molecule has 0 unspecified atom stereocenters. The predicted molar refractivity (Wildman–Crippen MR) is 82.4 cm³/mol. The topological polar surface area (TPSA) is 78.9 Å². The summed E-state index contributed by atoms with van der Waals surface area (Å²) in [4.78, 5) is 34.1. The molecule has 2 aromatic rings. The van der Waals surface area contributed by atoms with Crippen LogP contribution in [-0.2, 0) is 14.4 Å². The van der Waals surface area contributed by atoms with Crippen molar-refractivity contribution >= 4 is 28.7 Å². The minimum atomic E-state index is -0.705. The van der Waals surface area contributed by atoms with E-state index in [0.717, 1.165) is 6.08 Å². The normalized spacial score (nSPS) is 10.0. The van der Waals surface area contributed by atoms with Crippen LogP contribution in [0.25, 0.3) is 10.8 Å². The second kappa shape index (κ2) is 6.74. The Bertz CT molecular complexity index is 806. The fraction of sp³-hybridized carbons (Fsp3) is 0.118. The smallest absolute Gasteiger partial charge is 0.335 e. The van der Waals surface area contributed by atoms with E-state index >= 15 is 0 Å². The molecule has 118 valence electrons. The Morgan fingerprint density at radius 3 is 2.04 bits per heavy atom. The van der Waals surface area contributed by atoms with Gasteiger partial charge >= 0.3 is 17.9 Å². The molecule has 0 bridgehead atoms. The number of benzene rings is 2. The lowest BCUT2D eigenvalue weighted by Gasteiger charge is -2.14. The molecule has 0 aliphatic heterocycles. The molecule has 0 aliphatic carbocycles. The third-order valence-corrected chi connectivity index (χ3v) is 2.80. The van der Waals surface area contributed by atoms with E-state index in [1.165, 1.54) is 19.9 Å². The number of carbonyl (C=O) groups is 3. The van der Waals surface area contributed by atoms with Gasteiger partial charge in [-0.2, -0.15) is 0 Å². The average molecular weight is 314 g/mol. The summed E-state index contributed by atoms with van der Waals surface area (Å²) >= 11 is 0. The van der Waals surface area contributed by atoms with Crippen LogP contribution in [0.2, 0.25) is 0 Å². The van der Waals surface area contributed by atoms with E-state index in [0.29, 0.717) is 10.8 Å². The first-order valence-electron chi connectivity index (χ1n) is 6.69. The zero-order valence-electron chi connectivity index (χ0n) is 12.6. The zero-order valence-corrected chi connectivity index (χ0v) is 12.6. The largest absolute Gasteiger partial charge is 0.426 e. The van der Waals surface area contributed by atoms with Gasteiger partial charge in [0.05, 0.1) is 0 Å². The van der Waals surface area contributed by atoms with Crippen LogP contribution in [0.5, 0.6) is 17.2 Å². The standard InChI is InChI=1S/C17H14O6/c1-4-16(20)23-17-13-8-6-5-7-12(13)14(21-10(2)18)9-15(17)22-11(3)19/h4-9H,1H2,2-3H3. The van der Waals surface area contributed by atoms with Crippen molar-refractivity contribution in [2.45, 2.75) is 13.8 Å². The first-order valence-corrected chi connectivity index (χ1v) is 6.69. The van der Waals surface area contributed by atoms with Gasteiger partial charge in [-0.3, -0.25) is 9.59 Å². The van der Waals surface area contributed by atoms with Gasteiger partial charge in [0, 0.05) is 36.8 Å². The molecular formula is C17H14O6. The Hall–Kier alpha value is -3.15. The van der Waals surface area contributed by atoms with E-state index < -0.39 is 17.9 Å². The molecule has 2 rings (SSSR count). The molecule has 23 heavy (non-hydrogen) atoms. The second-order valence-electron chi connectivity index (χ2n) is 4.56. The summed E-state index contributed by atoms with van der Waals surface area (Å²) < 4.78 is 15.4. The minimum Gasteiger partial charge on any atom is -0.426 e. The Kier molecular flexibility index (Phi) is 4.75. The highest BCUT2D eigenvalue weighted by molar-refractivity contribution is 5.99. The molecule has 0 aromatic heterocycles. The summed E-state index contributed by atoms with van der Waals surface area (Å²) in [5.74, 6) is -1.62. The van der Waals surface area contributed by atoms with Crippen molar-refractivity contribution in [1.82, 2.24) is 0 Å². The molecule has 6 nitrogen and oxygen atoms in total. The lowest BCUT2D eigenvalue weighted by atomic mass is 10.1. The molecule has 0 radical (unpaired) electrons. The van der Waals surface area contributed by atoms with Crippen molar-refractivity contribution in [3.8, 4) is 17.2 Å². The highest BCUT2D eigenvalue weighted by Crippen LogP contribution is 2.42. The van der Waals surface area contributed by atoms with Crippen LogP contribution in [-0.4, -0.2) is 17.9 Å². The summed E-state index contributed by atoms with van der Waals surface area (Å²) in [5.41, 5.74) is 0. The van der Waals surface area contributed by atoms with Gasteiger partial charge in [-0.25, -0.2) is 4.79 Å². The SMILES string of the molecule is C=CC(=O)Oc1c(OC(C)=O)cc(OC(C)=O)c2ccccc12. The molecule has 0 fully saturated rings. The average Bonchev–Trinajstić information content (AvgIpc) is 2.49. The van der Waals surface area contributed by atoms with Gasteiger partial charge in [0.1, 0.15) is 5.75 Å². The van der Waals surface area contributed by atoms with Crippen LogP contribution in [0.4, 0.5) is 0 Å². The van der Waals surface area contributed by atoms with Crippen LogP contribution >= 0.6 is 0 Å². The van der Waals surface area contributed by atoms with E-state index in [4.69, 9.17) is 14.2 Å². The maximum atomic E-state index is 11.6. The molecule has 0 saturated heterocycles. The van der Waals surface area contributed by atoms with E-state index in [9.17, 15) is 14.4 Å². The van der Waals surface area contributed by atoms with Crippen LogP contribution in [0.1, 0.15) is 13.8 Å². The second-order valence-corrected chi connectivity index (χ2v) is 4.56. The summed E-state index contributed by atoms with van der Waals surface area (Å²) in [6, 6.07) is 8.12. The number of fused-ring (bicyclic) bond motifs is 1. The van der Waals surface area contributed by atoms with Gasteiger partial charge in [0.15, 0.2) is 11.5 Å². The highest BCUT2D eigenvalue weighted by atomic mass is 16.6. The van der Waals surface area contributed by atoms with Crippen LogP contribution < -0.4 is 14.2 Å². The summed E-state index contributed by atoms with van der Waals surface area (Å²) in [6.07, 6.45) is 0.992. The lowest BCUT2D eigenvalue weighted by molar-refractivity contribution is -0.133. The number of hydrogen-bond acceptors (Lipinski definition) is 6.